The molecular weight excluding hydrogens is 714 g/mol. The molecule has 1 saturated heterocycles. The number of carbonyl (C=O) groups is 6. The maximum atomic E-state index is 14.2. The van der Waals surface area contributed by atoms with E-state index in [4.69, 9.17) is 18.7 Å². The summed E-state index contributed by atoms with van der Waals surface area (Å²) in [5.74, 6) is -2.92. The standard InChI is InChI=1S/C37H41N7O8.CH2O2/c1-20(2)14-25-31(46)38-21(3)35-43-28(19-51-35)37(50)44-17-24(39-34(49)30(45)23-12-8-5-9-13-23)16-29(44)33(48)41-26(15-22-10-6-4-7-11-22)36-42-27(18-52-36)32(47)40-25;2-1-3/h4-13,18-21,24-26,29-30,45H,14-17H2,1-3H3,(H,38,46)(H,39,49)(H,40,47)(H,41,48);1H,(H,2,3)/t21-,24+,25-,26+,29+,30-;/m1./s1. The van der Waals surface area contributed by atoms with Crippen LogP contribution in [0.2, 0.25) is 0 Å². The summed E-state index contributed by atoms with van der Waals surface area (Å²) in [7, 11) is 0. The van der Waals surface area contributed by atoms with Crippen molar-refractivity contribution in [3.8, 4) is 0 Å². The van der Waals surface area contributed by atoms with Gasteiger partial charge in [0.1, 0.15) is 36.7 Å². The molecular formula is C38H43N7O10. The smallest absolute Gasteiger partial charge is 0.290 e. The van der Waals surface area contributed by atoms with Gasteiger partial charge in [-0.25, -0.2) is 9.97 Å². The van der Waals surface area contributed by atoms with Gasteiger partial charge < -0.3 is 45.2 Å². The third kappa shape index (κ3) is 10.00. The van der Waals surface area contributed by atoms with Gasteiger partial charge in [0.05, 0.1) is 0 Å². The number of carboxylic acid groups (broad SMARTS) is 1. The van der Waals surface area contributed by atoms with Crippen LogP contribution in [-0.4, -0.2) is 85.8 Å². The molecule has 4 heterocycles. The zero-order valence-electron chi connectivity index (χ0n) is 30.4. The third-order valence-electron chi connectivity index (χ3n) is 9.03. The van der Waals surface area contributed by atoms with Gasteiger partial charge in [-0.05, 0) is 36.8 Å². The molecule has 55 heavy (non-hydrogen) atoms. The fourth-order valence-corrected chi connectivity index (χ4v) is 6.39. The Balaban J connectivity index is 0.00000187. The summed E-state index contributed by atoms with van der Waals surface area (Å²) in [6.45, 7) is 5.12. The predicted octanol–water partition coefficient (Wildman–Crippen LogP) is 2.23. The molecule has 0 radical (unpaired) electrons. The minimum Gasteiger partial charge on any atom is -0.483 e. The van der Waals surface area contributed by atoms with Crippen molar-refractivity contribution in [2.75, 3.05) is 6.54 Å². The van der Waals surface area contributed by atoms with Crippen LogP contribution in [0.15, 0.2) is 82.0 Å². The summed E-state index contributed by atoms with van der Waals surface area (Å²) in [4.78, 5) is 86.6. The number of carbonyl (C=O) groups excluding carboxylic acids is 5. The van der Waals surface area contributed by atoms with E-state index in [-0.39, 0.29) is 54.9 Å². The van der Waals surface area contributed by atoms with Crippen LogP contribution in [-0.2, 0) is 25.6 Å². The largest absolute Gasteiger partial charge is 0.483 e. The van der Waals surface area contributed by atoms with Gasteiger partial charge in [0.2, 0.25) is 23.6 Å². The molecule has 4 bridgehead atoms. The molecule has 2 aromatic heterocycles. The van der Waals surface area contributed by atoms with Crippen molar-refractivity contribution in [2.24, 2.45) is 5.92 Å². The molecule has 0 saturated carbocycles. The number of fused-ring (bicyclic) bond motifs is 5. The number of aliphatic hydroxyl groups is 1. The Kier molecular flexibility index (Phi) is 13.1. The van der Waals surface area contributed by atoms with Crippen LogP contribution in [0.1, 0.15) is 95.7 Å². The van der Waals surface area contributed by atoms with Gasteiger partial charge in [-0.15, -0.1) is 0 Å². The lowest BCUT2D eigenvalue weighted by atomic mass is 10.0. The van der Waals surface area contributed by atoms with E-state index in [0.717, 1.165) is 11.8 Å². The van der Waals surface area contributed by atoms with Crippen molar-refractivity contribution in [2.45, 2.75) is 76.3 Å². The van der Waals surface area contributed by atoms with Crippen LogP contribution in [0, 0.1) is 5.92 Å². The van der Waals surface area contributed by atoms with Crippen molar-refractivity contribution in [1.82, 2.24) is 36.1 Å². The summed E-state index contributed by atoms with van der Waals surface area (Å²) in [5.41, 5.74) is 1.01. The highest BCUT2D eigenvalue weighted by atomic mass is 16.4. The molecule has 0 spiro atoms. The van der Waals surface area contributed by atoms with Gasteiger partial charge in [0.25, 0.3) is 24.2 Å². The summed E-state index contributed by atoms with van der Waals surface area (Å²) in [6.07, 6.45) is 1.39. The van der Waals surface area contributed by atoms with Crippen molar-refractivity contribution in [3.63, 3.8) is 0 Å². The molecule has 6 N–H and O–H groups in total. The van der Waals surface area contributed by atoms with E-state index in [9.17, 15) is 29.1 Å². The first kappa shape index (κ1) is 39.8. The first-order valence-corrected chi connectivity index (χ1v) is 17.7. The van der Waals surface area contributed by atoms with Crippen LogP contribution >= 0.6 is 0 Å². The van der Waals surface area contributed by atoms with Gasteiger partial charge in [0.15, 0.2) is 17.5 Å². The molecule has 17 heteroatoms. The number of aliphatic hydroxyl groups excluding tert-OH is 1. The zero-order valence-corrected chi connectivity index (χ0v) is 30.4. The number of amides is 5. The first-order valence-electron chi connectivity index (χ1n) is 17.7. The molecule has 17 nitrogen and oxygen atoms in total. The van der Waals surface area contributed by atoms with Gasteiger partial charge in [0, 0.05) is 19.0 Å². The van der Waals surface area contributed by atoms with Gasteiger partial charge >= 0.3 is 0 Å². The highest BCUT2D eigenvalue weighted by molar-refractivity contribution is 5.97. The molecule has 0 aliphatic carbocycles. The SMILES string of the molecule is CC(C)C[C@H]1NC(=O)c2coc(n2)[C@H](Cc2ccccc2)NC(=O)[C@@H]2C[C@H](NC(=O)[C@H](O)c3ccccc3)CN2C(=O)c2coc(n2)[C@@H](C)NC1=O.O=CO. The second-order valence-electron chi connectivity index (χ2n) is 13.6. The zero-order chi connectivity index (χ0) is 39.6. The number of benzene rings is 2. The third-order valence-corrected chi connectivity index (χ3v) is 9.03. The fraction of sp³-hybridized carbons (Fsp3) is 0.368. The molecule has 6 rings (SSSR count). The summed E-state index contributed by atoms with van der Waals surface area (Å²) in [6, 6.07) is 13.2. The number of aromatic nitrogens is 2. The molecule has 2 aliphatic heterocycles. The highest BCUT2D eigenvalue weighted by Crippen LogP contribution is 2.26. The Bertz CT molecular complexity index is 1970. The average Bonchev–Trinajstić information content (AvgIpc) is 3.95. The number of hydrogen-bond acceptors (Lipinski definition) is 11. The van der Waals surface area contributed by atoms with Gasteiger partial charge in [-0.2, -0.15) is 0 Å². The number of nitrogens with zero attached hydrogens (tertiary/aromatic N) is 3. The second kappa shape index (κ2) is 18.1. The maximum Gasteiger partial charge on any atom is 0.290 e. The normalized spacial score (nSPS) is 22.1. The van der Waals surface area contributed by atoms with Crippen LogP contribution < -0.4 is 21.3 Å². The van der Waals surface area contributed by atoms with Gasteiger partial charge in [-0.3, -0.25) is 28.8 Å². The lowest BCUT2D eigenvalue weighted by Crippen LogP contribution is -2.48. The predicted molar refractivity (Wildman–Crippen MR) is 193 cm³/mol. The van der Waals surface area contributed by atoms with Crippen molar-refractivity contribution in [3.05, 3.63) is 107 Å². The van der Waals surface area contributed by atoms with Crippen LogP contribution in [0.25, 0.3) is 0 Å². The lowest BCUT2D eigenvalue weighted by molar-refractivity contribution is -0.130. The molecule has 4 aromatic rings. The molecule has 2 aromatic carbocycles. The molecule has 6 atom stereocenters. The Labute approximate surface area is 315 Å². The van der Waals surface area contributed by atoms with E-state index in [0.29, 0.717) is 12.0 Å². The minimum absolute atomic E-state index is 0.0104. The second-order valence-corrected chi connectivity index (χ2v) is 13.6. The topological polar surface area (TPSA) is 246 Å². The number of hydrogen-bond donors (Lipinski definition) is 6. The van der Waals surface area contributed by atoms with Crippen LogP contribution in [0.5, 0.6) is 0 Å². The summed E-state index contributed by atoms with van der Waals surface area (Å²) < 4.78 is 11.4. The van der Waals surface area contributed by atoms with Crippen molar-refractivity contribution < 1.29 is 47.8 Å². The van der Waals surface area contributed by atoms with E-state index in [1.54, 1.807) is 37.3 Å². The fourth-order valence-electron chi connectivity index (χ4n) is 6.39. The number of rotatable bonds is 7. The first-order chi connectivity index (χ1) is 26.4. The van der Waals surface area contributed by atoms with E-state index in [1.807, 2.05) is 44.2 Å². The Morgan fingerprint density at radius 2 is 1.53 bits per heavy atom. The minimum atomic E-state index is -1.47. The molecule has 0 unspecified atom stereocenters. The number of oxazole rings is 2. The molecule has 5 amide bonds. The summed E-state index contributed by atoms with van der Waals surface area (Å²) in [5, 5.41) is 28.9. The monoisotopic (exact) mass is 757 g/mol. The number of nitrogens with one attached hydrogen (secondary N) is 4. The lowest BCUT2D eigenvalue weighted by Gasteiger charge is -2.25. The van der Waals surface area contributed by atoms with Crippen molar-refractivity contribution >= 4 is 36.0 Å². The van der Waals surface area contributed by atoms with E-state index in [2.05, 4.69) is 31.2 Å². The van der Waals surface area contributed by atoms with Crippen LogP contribution in [0.3, 0.4) is 0 Å². The quantitative estimate of drug-likeness (QED) is 0.149. The molecule has 290 valence electrons. The Morgan fingerprint density at radius 3 is 2.20 bits per heavy atom. The van der Waals surface area contributed by atoms with Crippen molar-refractivity contribution in [1.29, 1.82) is 0 Å². The maximum absolute atomic E-state index is 14.2. The van der Waals surface area contributed by atoms with E-state index < -0.39 is 65.8 Å². The molecule has 2 aliphatic rings. The van der Waals surface area contributed by atoms with Crippen LogP contribution in [0.4, 0.5) is 0 Å². The van der Waals surface area contributed by atoms with E-state index in [1.165, 1.54) is 11.2 Å². The average molecular weight is 758 g/mol. The highest BCUT2D eigenvalue weighted by Gasteiger charge is 2.43. The summed E-state index contributed by atoms with van der Waals surface area (Å²) >= 11 is 0. The Hall–Kier alpha value is -6.36. The van der Waals surface area contributed by atoms with E-state index >= 15 is 0 Å². The Morgan fingerprint density at radius 1 is 0.909 bits per heavy atom. The molecule has 1 fully saturated rings. The van der Waals surface area contributed by atoms with Gasteiger partial charge in [-0.1, -0.05) is 74.5 Å².